The molecule has 1 aromatic rings. The number of rotatable bonds is 4. The minimum Gasteiger partial charge on any atom is -0.341 e. The zero-order valence-electron chi connectivity index (χ0n) is 9.49. The van der Waals surface area contributed by atoms with Crippen molar-refractivity contribution < 1.29 is 4.79 Å². The van der Waals surface area contributed by atoms with Crippen molar-refractivity contribution in [3.63, 3.8) is 0 Å². The zero-order chi connectivity index (χ0) is 12.8. The number of nitrogens with two attached hydrogens (primary N) is 1. The highest BCUT2D eigenvalue weighted by molar-refractivity contribution is 6.35. The molecule has 92 valence electrons. The average molecular weight is 273 g/mol. The zero-order valence-corrected chi connectivity index (χ0v) is 11.0. The molecule has 0 saturated heterocycles. The van der Waals surface area contributed by atoms with Gasteiger partial charge in [-0.3, -0.25) is 4.79 Å². The first-order valence-corrected chi connectivity index (χ1v) is 5.88. The van der Waals surface area contributed by atoms with Crippen LogP contribution in [0.15, 0.2) is 24.3 Å². The summed E-state index contributed by atoms with van der Waals surface area (Å²) in [5.41, 5.74) is 6.12. The van der Waals surface area contributed by atoms with E-state index in [0.717, 1.165) is 5.56 Å². The monoisotopic (exact) mass is 272 g/mol. The summed E-state index contributed by atoms with van der Waals surface area (Å²) in [5.74, 6) is -0.110. The third kappa shape index (κ3) is 4.38. The Bertz CT molecular complexity index is 433. The van der Waals surface area contributed by atoms with E-state index in [1.807, 2.05) is 0 Å². The fraction of sp³-hybridized carbons (Fsp3) is 0.250. The number of hydrogen-bond acceptors (Lipinski definition) is 2. The van der Waals surface area contributed by atoms with Crippen LogP contribution in [0.2, 0.25) is 10.0 Å². The van der Waals surface area contributed by atoms with Crippen LogP contribution in [0.5, 0.6) is 0 Å². The molecular weight excluding hydrogens is 259 g/mol. The summed E-state index contributed by atoms with van der Waals surface area (Å²) in [6.07, 6.45) is 3.12. The second-order valence-electron chi connectivity index (χ2n) is 3.55. The van der Waals surface area contributed by atoms with Crippen LogP contribution in [0, 0.1) is 0 Å². The van der Waals surface area contributed by atoms with Gasteiger partial charge in [0.1, 0.15) is 0 Å². The van der Waals surface area contributed by atoms with Gasteiger partial charge < -0.3 is 10.6 Å². The number of likely N-dealkylation sites (N-methyl/N-ethyl adjacent to an activating group) is 1. The summed E-state index contributed by atoms with van der Waals surface area (Å²) in [6.45, 7) is 0.968. The van der Waals surface area contributed by atoms with Gasteiger partial charge in [-0.1, -0.05) is 29.3 Å². The van der Waals surface area contributed by atoms with Gasteiger partial charge in [0.2, 0.25) is 5.91 Å². The van der Waals surface area contributed by atoms with E-state index in [2.05, 4.69) is 0 Å². The van der Waals surface area contributed by atoms with Gasteiger partial charge in [-0.2, -0.15) is 0 Å². The predicted molar refractivity (Wildman–Crippen MR) is 72.2 cm³/mol. The molecule has 0 fully saturated rings. The molecule has 0 bridgehead atoms. The SMILES string of the molecule is CN(CCN)C(=O)/C=C/c1ccc(Cl)cc1Cl. The van der Waals surface area contributed by atoms with E-state index in [0.29, 0.717) is 23.1 Å². The molecule has 1 amide bonds. The lowest BCUT2D eigenvalue weighted by molar-refractivity contribution is -0.124. The van der Waals surface area contributed by atoms with Crippen LogP contribution in [0.4, 0.5) is 0 Å². The molecule has 2 N–H and O–H groups in total. The molecule has 5 heteroatoms. The van der Waals surface area contributed by atoms with Crippen LogP contribution in [-0.4, -0.2) is 30.9 Å². The van der Waals surface area contributed by atoms with Crippen molar-refractivity contribution in [2.24, 2.45) is 5.73 Å². The maximum atomic E-state index is 11.6. The molecule has 0 aliphatic heterocycles. The van der Waals surface area contributed by atoms with Crippen molar-refractivity contribution in [2.75, 3.05) is 20.1 Å². The van der Waals surface area contributed by atoms with Crippen LogP contribution >= 0.6 is 23.2 Å². The average Bonchev–Trinajstić information content (AvgIpc) is 2.27. The van der Waals surface area contributed by atoms with Crippen LogP contribution in [0.3, 0.4) is 0 Å². The van der Waals surface area contributed by atoms with E-state index in [4.69, 9.17) is 28.9 Å². The largest absolute Gasteiger partial charge is 0.341 e. The first kappa shape index (κ1) is 14.0. The van der Waals surface area contributed by atoms with Gasteiger partial charge in [-0.15, -0.1) is 0 Å². The topological polar surface area (TPSA) is 46.3 Å². The second kappa shape index (κ2) is 6.64. The maximum absolute atomic E-state index is 11.6. The fourth-order valence-corrected chi connectivity index (χ4v) is 1.70. The molecule has 0 aromatic heterocycles. The van der Waals surface area contributed by atoms with Crippen LogP contribution in [0.1, 0.15) is 5.56 Å². The lowest BCUT2D eigenvalue weighted by Crippen LogP contribution is -2.30. The van der Waals surface area contributed by atoms with Crippen molar-refractivity contribution in [1.82, 2.24) is 4.90 Å². The molecule has 3 nitrogen and oxygen atoms in total. The smallest absolute Gasteiger partial charge is 0.246 e. The van der Waals surface area contributed by atoms with Gasteiger partial charge in [0.15, 0.2) is 0 Å². The molecule has 0 spiro atoms. The number of halogens is 2. The van der Waals surface area contributed by atoms with E-state index in [9.17, 15) is 4.79 Å². The predicted octanol–water partition coefficient (Wildman–Crippen LogP) is 2.42. The molecule has 0 heterocycles. The summed E-state index contributed by atoms with van der Waals surface area (Å²) < 4.78 is 0. The van der Waals surface area contributed by atoms with E-state index in [-0.39, 0.29) is 5.91 Å². The lowest BCUT2D eigenvalue weighted by Gasteiger charge is -2.12. The van der Waals surface area contributed by atoms with Gasteiger partial charge in [0, 0.05) is 36.3 Å². The number of amides is 1. The van der Waals surface area contributed by atoms with Crippen LogP contribution in [0.25, 0.3) is 6.08 Å². The summed E-state index contributed by atoms with van der Waals surface area (Å²) in [6, 6.07) is 5.12. The maximum Gasteiger partial charge on any atom is 0.246 e. The molecule has 1 rings (SSSR count). The Morgan fingerprint density at radius 2 is 2.18 bits per heavy atom. The van der Waals surface area contributed by atoms with Crippen molar-refractivity contribution in [2.45, 2.75) is 0 Å². The second-order valence-corrected chi connectivity index (χ2v) is 4.39. The normalized spacial score (nSPS) is 10.8. The minimum absolute atomic E-state index is 0.110. The third-order valence-corrected chi connectivity index (χ3v) is 2.77. The summed E-state index contributed by atoms with van der Waals surface area (Å²) in [7, 11) is 1.70. The molecule has 1 aromatic carbocycles. The fourth-order valence-electron chi connectivity index (χ4n) is 1.23. The van der Waals surface area contributed by atoms with Gasteiger partial charge >= 0.3 is 0 Å². The molecular formula is C12H14Cl2N2O. The molecule has 0 aliphatic carbocycles. The highest BCUT2D eigenvalue weighted by Crippen LogP contribution is 2.21. The van der Waals surface area contributed by atoms with Crippen molar-refractivity contribution in [3.05, 3.63) is 39.9 Å². The van der Waals surface area contributed by atoms with Crippen molar-refractivity contribution in [1.29, 1.82) is 0 Å². The van der Waals surface area contributed by atoms with E-state index in [1.165, 1.54) is 6.08 Å². The summed E-state index contributed by atoms with van der Waals surface area (Å²) in [5, 5.41) is 1.08. The molecule has 0 aliphatic rings. The first-order chi connectivity index (χ1) is 8.04. The summed E-state index contributed by atoms with van der Waals surface area (Å²) in [4.78, 5) is 13.1. The van der Waals surface area contributed by atoms with E-state index >= 15 is 0 Å². The Labute approximate surface area is 111 Å². The molecule has 0 atom stereocenters. The lowest BCUT2D eigenvalue weighted by atomic mass is 10.2. The number of nitrogens with zero attached hydrogens (tertiary/aromatic N) is 1. The van der Waals surface area contributed by atoms with Gasteiger partial charge in [-0.25, -0.2) is 0 Å². The highest BCUT2D eigenvalue weighted by Gasteiger charge is 2.03. The molecule has 0 radical (unpaired) electrons. The number of hydrogen-bond donors (Lipinski definition) is 1. The Morgan fingerprint density at radius 3 is 2.76 bits per heavy atom. The van der Waals surface area contributed by atoms with Crippen molar-refractivity contribution >= 4 is 35.2 Å². The molecule has 17 heavy (non-hydrogen) atoms. The highest BCUT2D eigenvalue weighted by atomic mass is 35.5. The van der Waals surface area contributed by atoms with E-state index < -0.39 is 0 Å². The van der Waals surface area contributed by atoms with Crippen molar-refractivity contribution in [3.8, 4) is 0 Å². The number of carbonyl (C=O) groups excluding carboxylic acids is 1. The van der Waals surface area contributed by atoms with Crippen LogP contribution in [-0.2, 0) is 4.79 Å². The Balaban J connectivity index is 2.73. The molecule has 0 unspecified atom stereocenters. The third-order valence-electron chi connectivity index (χ3n) is 2.21. The van der Waals surface area contributed by atoms with E-state index in [1.54, 1.807) is 36.2 Å². The van der Waals surface area contributed by atoms with Gasteiger partial charge in [-0.05, 0) is 23.8 Å². The molecule has 0 saturated carbocycles. The number of benzene rings is 1. The van der Waals surface area contributed by atoms with Gasteiger partial charge in [0.25, 0.3) is 0 Å². The quantitative estimate of drug-likeness (QED) is 0.856. The Hall–Kier alpha value is -1.03. The Morgan fingerprint density at radius 1 is 1.47 bits per heavy atom. The van der Waals surface area contributed by atoms with Crippen LogP contribution < -0.4 is 5.73 Å². The Kier molecular flexibility index (Phi) is 5.48. The first-order valence-electron chi connectivity index (χ1n) is 5.13. The summed E-state index contributed by atoms with van der Waals surface area (Å²) >= 11 is 11.7. The van der Waals surface area contributed by atoms with Gasteiger partial charge in [0.05, 0.1) is 0 Å². The minimum atomic E-state index is -0.110. The number of carbonyl (C=O) groups is 1. The standard InChI is InChI=1S/C12H14Cl2N2O/c1-16(7-6-15)12(17)5-3-9-2-4-10(13)8-11(9)14/h2-5,8H,6-7,15H2,1H3/b5-3+.